The summed E-state index contributed by atoms with van der Waals surface area (Å²) < 4.78 is 0. The summed E-state index contributed by atoms with van der Waals surface area (Å²) >= 11 is 0. The van der Waals surface area contributed by atoms with Crippen molar-refractivity contribution in [1.29, 1.82) is 0 Å². The molecule has 2 aromatic carbocycles. The summed E-state index contributed by atoms with van der Waals surface area (Å²) in [6, 6.07) is 17.7. The van der Waals surface area contributed by atoms with Crippen molar-refractivity contribution in [3.8, 4) is 0 Å². The van der Waals surface area contributed by atoms with Gasteiger partial charge in [-0.3, -0.25) is 14.5 Å². The highest BCUT2D eigenvalue weighted by Gasteiger charge is 2.27. The molecule has 28 heavy (non-hydrogen) atoms. The van der Waals surface area contributed by atoms with Gasteiger partial charge in [0, 0.05) is 38.1 Å². The van der Waals surface area contributed by atoms with Gasteiger partial charge >= 0.3 is 0 Å². The maximum Gasteiger partial charge on any atom is 0.274 e. The van der Waals surface area contributed by atoms with Crippen LogP contribution in [0.5, 0.6) is 0 Å². The number of hydrogen-bond acceptors (Lipinski definition) is 4. The number of likely N-dealkylation sites (tertiary alicyclic amines) is 1. The third-order valence-corrected chi connectivity index (χ3v) is 5.57. The van der Waals surface area contributed by atoms with Gasteiger partial charge in [0.15, 0.2) is 5.69 Å². The second kappa shape index (κ2) is 7.94. The van der Waals surface area contributed by atoms with Gasteiger partial charge in [0.2, 0.25) is 0 Å². The van der Waals surface area contributed by atoms with Crippen molar-refractivity contribution in [3.05, 3.63) is 76.2 Å². The summed E-state index contributed by atoms with van der Waals surface area (Å²) in [5, 5.41) is 7.60. The molecule has 6 nitrogen and oxygen atoms in total. The number of amides is 1. The van der Waals surface area contributed by atoms with Gasteiger partial charge < -0.3 is 4.90 Å². The number of carbonyl (C=O) groups excluding carboxylic acids is 1. The van der Waals surface area contributed by atoms with E-state index in [1.54, 1.807) is 23.1 Å². The second-order valence-corrected chi connectivity index (χ2v) is 7.36. The summed E-state index contributed by atoms with van der Waals surface area (Å²) in [6.07, 6.45) is 1.85. The van der Waals surface area contributed by atoms with E-state index in [1.165, 1.54) is 5.56 Å². The standard InChI is InChI=1S/C22H24N4O2/c1-25(17-11-13-26(14-12-17)15-16-7-3-2-4-8-16)22(28)20-18-9-5-6-10-19(18)21(27)24-23-20/h2-10,17H,11-15H2,1H3,(H,24,27). The highest BCUT2D eigenvalue weighted by atomic mass is 16.2. The van der Waals surface area contributed by atoms with E-state index >= 15 is 0 Å². The summed E-state index contributed by atoms with van der Waals surface area (Å²) in [6.45, 7) is 2.85. The molecule has 1 aliphatic rings. The minimum absolute atomic E-state index is 0.144. The van der Waals surface area contributed by atoms with Crippen LogP contribution in [0.3, 0.4) is 0 Å². The Hall–Kier alpha value is -2.99. The molecule has 1 aromatic heterocycles. The van der Waals surface area contributed by atoms with Crippen LogP contribution in [-0.4, -0.2) is 52.1 Å². The minimum atomic E-state index is -0.274. The Kier molecular flexibility index (Phi) is 5.21. The van der Waals surface area contributed by atoms with Crippen LogP contribution >= 0.6 is 0 Å². The molecule has 2 heterocycles. The molecule has 4 rings (SSSR count). The SMILES string of the molecule is CN(C(=O)c1n[nH]c(=O)c2ccccc12)C1CCN(Cc2ccccc2)CC1. The van der Waals surface area contributed by atoms with Crippen LogP contribution in [0.25, 0.3) is 10.8 Å². The van der Waals surface area contributed by atoms with E-state index in [0.717, 1.165) is 32.5 Å². The first kappa shape index (κ1) is 18.4. The van der Waals surface area contributed by atoms with Gasteiger partial charge in [0.05, 0.1) is 5.39 Å². The first-order valence-electron chi connectivity index (χ1n) is 9.64. The van der Waals surface area contributed by atoms with Crippen molar-refractivity contribution in [2.45, 2.75) is 25.4 Å². The summed E-state index contributed by atoms with van der Waals surface area (Å²) in [5.41, 5.74) is 1.35. The van der Waals surface area contributed by atoms with Crippen LogP contribution < -0.4 is 5.56 Å². The molecule has 0 spiro atoms. The zero-order chi connectivity index (χ0) is 19.5. The fourth-order valence-corrected chi connectivity index (χ4v) is 3.92. The average molecular weight is 376 g/mol. The Bertz CT molecular complexity index is 1020. The number of aromatic nitrogens is 2. The highest BCUT2D eigenvalue weighted by molar-refractivity contribution is 6.04. The number of H-pyrrole nitrogens is 1. The van der Waals surface area contributed by atoms with Crippen LogP contribution in [0.2, 0.25) is 0 Å². The zero-order valence-corrected chi connectivity index (χ0v) is 16.0. The lowest BCUT2D eigenvalue weighted by Crippen LogP contribution is -2.45. The van der Waals surface area contributed by atoms with Crippen molar-refractivity contribution in [2.24, 2.45) is 0 Å². The minimum Gasteiger partial charge on any atom is -0.337 e. The number of carbonyl (C=O) groups is 1. The molecule has 0 radical (unpaired) electrons. The van der Waals surface area contributed by atoms with Crippen molar-refractivity contribution in [2.75, 3.05) is 20.1 Å². The maximum absolute atomic E-state index is 13.1. The van der Waals surface area contributed by atoms with Crippen LogP contribution in [-0.2, 0) is 6.54 Å². The van der Waals surface area contributed by atoms with Gasteiger partial charge in [-0.1, -0.05) is 48.5 Å². The smallest absolute Gasteiger partial charge is 0.274 e. The number of piperidine rings is 1. The molecule has 6 heteroatoms. The number of hydrogen-bond donors (Lipinski definition) is 1. The van der Waals surface area contributed by atoms with E-state index in [0.29, 0.717) is 16.5 Å². The second-order valence-electron chi connectivity index (χ2n) is 7.36. The lowest BCUT2D eigenvalue weighted by atomic mass is 10.0. The average Bonchev–Trinajstić information content (AvgIpc) is 2.74. The number of fused-ring (bicyclic) bond motifs is 1. The van der Waals surface area contributed by atoms with Crippen molar-refractivity contribution >= 4 is 16.7 Å². The Morgan fingerprint density at radius 1 is 1.07 bits per heavy atom. The van der Waals surface area contributed by atoms with Gasteiger partial charge in [-0.2, -0.15) is 5.10 Å². The van der Waals surface area contributed by atoms with E-state index in [-0.39, 0.29) is 17.5 Å². The first-order chi connectivity index (χ1) is 13.6. The van der Waals surface area contributed by atoms with Crippen molar-refractivity contribution < 1.29 is 4.79 Å². The van der Waals surface area contributed by atoms with Crippen LogP contribution in [0.4, 0.5) is 0 Å². The lowest BCUT2D eigenvalue weighted by Gasteiger charge is -2.36. The molecule has 0 atom stereocenters. The number of nitrogens with one attached hydrogen (secondary N) is 1. The zero-order valence-electron chi connectivity index (χ0n) is 16.0. The Morgan fingerprint density at radius 2 is 1.71 bits per heavy atom. The molecule has 3 aromatic rings. The van der Waals surface area contributed by atoms with E-state index in [1.807, 2.05) is 19.2 Å². The molecule has 1 amide bonds. The molecule has 1 saturated heterocycles. The predicted molar refractivity (Wildman–Crippen MR) is 109 cm³/mol. The van der Waals surface area contributed by atoms with Crippen molar-refractivity contribution in [1.82, 2.24) is 20.0 Å². The fourth-order valence-electron chi connectivity index (χ4n) is 3.92. The monoisotopic (exact) mass is 376 g/mol. The molecule has 1 N–H and O–H groups in total. The van der Waals surface area contributed by atoms with E-state index in [9.17, 15) is 9.59 Å². The van der Waals surface area contributed by atoms with E-state index in [4.69, 9.17) is 0 Å². The highest BCUT2D eigenvalue weighted by Crippen LogP contribution is 2.21. The molecule has 144 valence electrons. The Morgan fingerprint density at radius 3 is 2.43 bits per heavy atom. The molecular weight excluding hydrogens is 352 g/mol. The summed E-state index contributed by atoms with van der Waals surface area (Å²) in [5.74, 6) is -0.144. The van der Waals surface area contributed by atoms with Gasteiger partial charge in [-0.05, 0) is 24.5 Å². The third-order valence-electron chi connectivity index (χ3n) is 5.57. The largest absolute Gasteiger partial charge is 0.337 e. The predicted octanol–water partition coefficient (Wildman–Crippen LogP) is 2.66. The Labute approximate surface area is 163 Å². The number of nitrogens with zero attached hydrogens (tertiary/aromatic N) is 3. The van der Waals surface area contributed by atoms with Gasteiger partial charge in [0.1, 0.15) is 0 Å². The topological polar surface area (TPSA) is 69.3 Å². The molecule has 0 bridgehead atoms. The molecule has 0 saturated carbocycles. The maximum atomic E-state index is 13.1. The number of aromatic amines is 1. The third kappa shape index (κ3) is 3.68. The molecule has 1 fully saturated rings. The number of benzene rings is 2. The van der Waals surface area contributed by atoms with Gasteiger partial charge in [-0.25, -0.2) is 5.10 Å². The van der Waals surface area contributed by atoms with Crippen LogP contribution in [0, 0.1) is 0 Å². The Balaban J connectivity index is 1.44. The molecule has 1 aliphatic heterocycles. The van der Waals surface area contributed by atoms with Crippen molar-refractivity contribution in [3.63, 3.8) is 0 Å². The first-order valence-corrected chi connectivity index (χ1v) is 9.64. The molecular formula is C22H24N4O2. The van der Waals surface area contributed by atoms with Crippen LogP contribution in [0.1, 0.15) is 28.9 Å². The van der Waals surface area contributed by atoms with Gasteiger partial charge in [-0.15, -0.1) is 0 Å². The van der Waals surface area contributed by atoms with E-state index in [2.05, 4.69) is 39.4 Å². The molecule has 0 aliphatic carbocycles. The van der Waals surface area contributed by atoms with E-state index < -0.39 is 0 Å². The quantitative estimate of drug-likeness (QED) is 0.760. The summed E-state index contributed by atoms with van der Waals surface area (Å²) in [7, 11) is 1.83. The normalized spacial score (nSPS) is 15.6. The van der Waals surface area contributed by atoms with Crippen LogP contribution in [0.15, 0.2) is 59.4 Å². The fraction of sp³-hybridized carbons (Fsp3) is 0.318. The molecule has 0 unspecified atom stereocenters. The summed E-state index contributed by atoms with van der Waals surface area (Å²) in [4.78, 5) is 29.2. The number of rotatable bonds is 4. The van der Waals surface area contributed by atoms with Gasteiger partial charge in [0.25, 0.3) is 11.5 Å². The lowest BCUT2D eigenvalue weighted by molar-refractivity contribution is 0.0631.